The molecule has 1 N–H and O–H groups in total. The number of hydrogen-bond donors (Lipinski definition) is 1. The average molecular weight is 505 g/mol. The largest absolute Gasteiger partial charge is 0.390 e. The number of likely N-dealkylation sites (N-methyl/N-ethyl adjacent to an activating group) is 1. The van der Waals surface area contributed by atoms with E-state index < -0.39 is 11.6 Å². The van der Waals surface area contributed by atoms with Crippen LogP contribution in [-0.2, 0) is 11.3 Å². The van der Waals surface area contributed by atoms with Crippen LogP contribution in [0.4, 0.5) is 10.1 Å². The number of likely N-dealkylation sites (tertiary alicyclic amines) is 1. The van der Waals surface area contributed by atoms with Crippen LogP contribution < -0.4 is 4.90 Å². The van der Waals surface area contributed by atoms with Gasteiger partial charge in [0.05, 0.1) is 12.8 Å². The standard InChI is InChI=1S/C30H37FN4O2/c1-22-6-4-7-23-8-5-9-24(28(22)23)18-33-16-14-30(15-17-33)29(37)34(20-27(36)19-32(2)3)21-35(30)26-12-10-25(31)11-13-26/h4-13,27,36H,14-21H2,1-3H3/t27-/m1/s1. The van der Waals surface area contributed by atoms with Crippen molar-refractivity contribution in [3.63, 3.8) is 0 Å². The number of halogens is 1. The zero-order valence-electron chi connectivity index (χ0n) is 22.0. The molecule has 2 aliphatic heterocycles. The summed E-state index contributed by atoms with van der Waals surface area (Å²) in [5, 5.41) is 13.2. The second-order valence-corrected chi connectivity index (χ2v) is 10.9. The zero-order chi connectivity index (χ0) is 26.2. The van der Waals surface area contributed by atoms with Gasteiger partial charge in [0.25, 0.3) is 0 Å². The first-order valence-electron chi connectivity index (χ1n) is 13.1. The third-order valence-electron chi connectivity index (χ3n) is 7.94. The van der Waals surface area contributed by atoms with Crippen molar-refractivity contribution >= 4 is 22.4 Å². The molecule has 5 rings (SSSR count). The van der Waals surface area contributed by atoms with Crippen LogP contribution in [-0.4, -0.2) is 84.3 Å². The summed E-state index contributed by atoms with van der Waals surface area (Å²) in [7, 11) is 3.82. The minimum atomic E-state index is -0.680. The van der Waals surface area contributed by atoms with Crippen LogP contribution in [0.2, 0.25) is 0 Å². The van der Waals surface area contributed by atoms with Crippen LogP contribution in [0.5, 0.6) is 0 Å². The van der Waals surface area contributed by atoms with Gasteiger partial charge in [0, 0.05) is 38.4 Å². The summed E-state index contributed by atoms with van der Waals surface area (Å²) in [4.78, 5) is 22.2. The number of benzene rings is 3. The molecule has 1 spiro atoms. The Labute approximate surface area is 218 Å². The molecular formula is C30H37FN4O2. The van der Waals surface area contributed by atoms with Gasteiger partial charge in [-0.15, -0.1) is 0 Å². The molecule has 0 saturated carbocycles. The summed E-state index contributed by atoms with van der Waals surface area (Å²) in [5.74, 6) is -0.225. The van der Waals surface area contributed by atoms with Crippen molar-refractivity contribution in [3.8, 4) is 0 Å². The second kappa shape index (κ2) is 10.4. The van der Waals surface area contributed by atoms with Crippen LogP contribution in [0, 0.1) is 12.7 Å². The Bertz CT molecular complexity index is 1250. The highest BCUT2D eigenvalue weighted by atomic mass is 19.1. The number of aryl methyl sites for hydroxylation is 1. The molecule has 2 heterocycles. The minimum absolute atomic E-state index is 0.0651. The van der Waals surface area contributed by atoms with Crippen molar-refractivity contribution in [1.82, 2.24) is 14.7 Å². The Balaban J connectivity index is 1.37. The lowest BCUT2D eigenvalue weighted by molar-refractivity contribution is -0.134. The molecule has 6 nitrogen and oxygen atoms in total. The molecule has 2 aliphatic rings. The van der Waals surface area contributed by atoms with Crippen LogP contribution >= 0.6 is 0 Å². The van der Waals surface area contributed by atoms with E-state index in [0.29, 0.717) is 26.1 Å². The molecule has 7 heteroatoms. The maximum atomic E-state index is 13.9. The molecule has 0 aliphatic carbocycles. The molecule has 0 unspecified atom stereocenters. The summed E-state index contributed by atoms with van der Waals surface area (Å²) >= 11 is 0. The summed E-state index contributed by atoms with van der Waals surface area (Å²) in [6, 6.07) is 19.3. The SMILES string of the molecule is Cc1cccc2cccc(CN3CCC4(CC3)C(=O)N(C[C@H](O)CN(C)C)CN4c3ccc(F)cc3)c12. The van der Waals surface area contributed by atoms with E-state index >= 15 is 0 Å². The van der Waals surface area contributed by atoms with E-state index in [4.69, 9.17) is 0 Å². The van der Waals surface area contributed by atoms with Crippen LogP contribution in [0.1, 0.15) is 24.0 Å². The normalized spacial score (nSPS) is 18.9. The molecule has 196 valence electrons. The zero-order valence-corrected chi connectivity index (χ0v) is 22.0. The van der Waals surface area contributed by atoms with Gasteiger partial charge in [-0.25, -0.2) is 4.39 Å². The number of carbonyl (C=O) groups excluding carboxylic acids is 1. The second-order valence-electron chi connectivity index (χ2n) is 10.9. The number of hydrogen-bond acceptors (Lipinski definition) is 5. The molecule has 1 atom stereocenters. The van der Waals surface area contributed by atoms with Crippen LogP contribution in [0.25, 0.3) is 10.8 Å². The van der Waals surface area contributed by atoms with E-state index in [-0.39, 0.29) is 18.3 Å². The maximum absolute atomic E-state index is 13.9. The van der Waals surface area contributed by atoms with Crippen molar-refractivity contribution in [2.75, 3.05) is 51.8 Å². The molecule has 0 radical (unpaired) electrons. The Morgan fingerprint density at radius 3 is 2.38 bits per heavy atom. The fourth-order valence-electron chi connectivity index (χ4n) is 6.16. The van der Waals surface area contributed by atoms with Gasteiger partial charge in [-0.3, -0.25) is 9.69 Å². The molecule has 2 fully saturated rings. The summed E-state index contributed by atoms with van der Waals surface area (Å²) in [5.41, 5.74) is 2.76. The maximum Gasteiger partial charge on any atom is 0.250 e. The highest BCUT2D eigenvalue weighted by molar-refractivity contribution is 5.93. The number of carbonyl (C=O) groups is 1. The molecule has 3 aromatic carbocycles. The monoisotopic (exact) mass is 504 g/mol. The van der Waals surface area contributed by atoms with Crippen molar-refractivity contribution in [2.24, 2.45) is 0 Å². The number of anilines is 1. The van der Waals surface area contributed by atoms with Gasteiger partial charge in [0.2, 0.25) is 5.91 Å². The van der Waals surface area contributed by atoms with Gasteiger partial charge in [-0.1, -0.05) is 36.4 Å². The lowest BCUT2D eigenvalue weighted by Crippen LogP contribution is -2.56. The molecule has 37 heavy (non-hydrogen) atoms. The fraction of sp³-hybridized carbons (Fsp3) is 0.433. The molecule has 0 aromatic heterocycles. The molecule has 1 amide bonds. The van der Waals surface area contributed by atoms with Gasteiger partial charge >= 0.3 is 0 Å². The van der Waals surface area contributed by atoms with E-state index in [1.807, 2.05) is 19.0 Å². The third-order valence-corrected chi connectivity index (χ3v) is 7.94. The fourth-order valence-corrected chi connectivity index (χ4v) is 6.16. The van der Waals surface area contributed by atoms with E-state index in [9.17, 15) is 14.3 Å². The number of rotatable bonds is 7. The highest BCUT2D eigenvalue weighted by Crippen LogP contribution is 2.40. The van der Waals surface area contributed by atoms with Crippen molar-refractivity contribution in [1.29, 1.82) is 0 Å². The minimum Gasteiger partial charge on any atom is -0.390 e. The lowest BCUT2D eigenvalue weighted by atomic mass is 9.85. The van der Waals surface area contributed by atoms with Gasteiger partial charge in [-0.05, 0) is 80.0 Å². The average Bonchev–Trinajstić information content (AvgIpc) is 3.12. The number of amides is 1. The molecule has 2 saturated heterocycles. The van der Waals surface area contributed by atoms with E-state index in [1.54, 1.807) is 17.0 Å². The van der Waals surface area contributed by atoms with Gasteiger partial charge in [-0.2, -0.15) is 0 Å². The number of β-amino-alcohol motifs (C(OH)–C–C–N with tert-alkyl or cyclic N) is 1. The van der Waals surface area contributed by atoms with E-state index in [1.165, 1.54) is 34.0 Å². The topological polar surface area (TPSA) is 50.3 Å². The molecule has 3 aromatic rings. The third kappa shape index (κ3) is 5.08. The van der Waals surface area contributed by atoms with Crippen LogP contribution in [0.3, 0.4) is 0 Å². The van der Waals surface area contributed by atoms with E-state index in [0.717, 1.165) is 25.3 Å². The Morgan fingerprint density at radius 1 is 1.03 bits per heavy atom. The first-order valence-corrected chi connectivity index (χ1v) is 13.1. The summed E-state index contributed by atoms with van der Waals surface area (Å²) in [6.07, 6.45) is 0.749. The first-order chi connectivity index (χ1) is 17.8. The predicted molar refractivity (Wildman–Crippen MR) is 146 cm³/mol. The summed E-state index contributed by atoms with van der Waals surface area (Å²) in [6.45, 7) is 5.76. The van der Waals surface area contributed by atoms with E-state index in [2.05, 4.69) is 53.1 Å². The number of aliphatic hydroxyl groups is 1. The number of fused-ring (bicyclic) bond motifs is 1. The van der Waals surface area contributed by atoms with Crippen molar-refractivity contribution in [3.05, 3.63) is 77.6 Å². The Morgan fingerprint density at radius 2 is 1.70 bits per heavy atom. The number of piperidine rings is 1. The first kappa shape index (κ1) is 25.6. The van der Waals surface area contributed by atoms with Crippen molar-refractivity contribution in [2.45, 2.75) is 38.0 Å². The van der Waals surface area contributed by atoms with Gasteiger partial charge < -0.3 is 19.8 Å². The predicted octanol–water partition coefficient (Wildman–Crippen LogP) is 3.85. The number of nitrogens with zero attached hydrogens (tertiary/aromatic N) is 4. The van der Waals surface area contributed by atoms with Crippen molar-refractivity contribution < 1.29 is 14.3 Å². The highest BCUT2D eigenvalue weighted by Gasteiger charge is 2.53. The van der Waals surface area contributed by atoms with Crippen LogP contribution in [0.15, 0.2) is 60.7 Å². The number of aliphatic hydroxyl groups excluding tert-OH is 1. The quantitative estimate of drug-likeness (QED) is 0.530. The molecule has 0 bridgehead atoms. The summed E-state index contributed by atoms with van der Waals surface area (Å²) < 4.78 is 13.7. The Kier molecular flexibility index (Phi) is 7.21. The van der Waals surface area contributed by atoms with Gasteiger partial charge in [0.1, 0.15) is 11.4 Å². The molecular weight excluding hydrogens is 467 g/mol. The van der Waals surface area contributed by atoms with Gasteiger partial charge in [0.15, 0.2) is 0 Å². The lowest BCUT2D eigenvalue weighted by Gasteiger charge is -2.43. The Hall–Kier alpha value is -3.00. The smallest absolute Gasteiger partial charge is 0.250 e.